The van der Waals surface area contributed by atoms with Gasteiger partial charge in [0.1, 0.15) is 5.82 Å². The van der Waals surface area contributed by atoms with Crippen molar-refractivity contribution in [2.45, 2.75) is 49.5 Å². The van der Waals surface area contributed by atoms with Crippen molar-refractivity contribution in [3.8, 4) is 11.3 Å². The van der Waals surface area contributed by atoms with E-state index in [1.807, 2.05) is 12.1 Å². The van der Waals surface area contributed by atoms with Gasteiger partial charge in [-0.3, -0.25) is 9.89 Å². The van der Waals surface area contributed by atoms with Crippen LogP contribution in [0.3, 0.4) is 0 Å². The topological polar surface area (TPSA) is 95.2 Å². The number of halogens is 1. The van der Waals surface area contributed by atoms with Crippen LogP contribution in [0.2, 0.25) is 0 Å². The summed E-state index contributed by atoms with van der Waals surface area (Å²) in [5, 5.41) is 7.23. The summed E-state index contributed by atoms with van der Waals surface area (Å²) in [4.78, 5) is 14.5. The predicted molar refractivity (Wildman–Crippen MR) is 128 cm³/mol. The molecule has 1 saturated carbocycles. The number of rotatable bonds is 11. The third-order valence-electron chi connectivity index (χ3n) is 5.88. The first-order chi connectivity index (χ1) is 16.3. The monoisotopic (exact) mass is 484 g/mol. The Hall–Kier alpha value is -3.04. The number of benzene rings is 2. The standard InChI is InChI=1S/C25H29FN4O3S/c1-30(15-3-6-22-17-24(28-27-22)19-4-2-5-20(26)16-19)25(31)14-9-18-7-12-23(13-8-18)34(32,33)29-21-10-11-21/h2,4-5,7-8,12-13,16-17,21,29H,3,6,9-11,14-15H2,1H3,(H,27,28). The smallest absolute Gasteiger partial charge is 0.240 e. The number of hydrogen-bond acceptors (Lipinski definition) is 4. The average Bonchev–Trinajstić information content (AvgIpc) is 3.49. The molecule has 0 unspecified atom stereocenters. The molecule has 0 bridgehead atoms. The van der Waals surface area contributed by atoms with E-state index in [0.29, 0.717) is 25.1 Å². The fraction of sp³-hybridized carbons (Fsp3) is 0.360. The zero-order valence-electron chi connectivity index (χ0n) is 19.1. The molecule has 2 N–H and O–H groups in total. The second kappa shape index (κ2) is 10.5. The maximum Gasteiger partial charge on any atom is 0.240 e. The molecule has 180 valence electrons. The highest BCUT2D eigenvalue weighted by atomic mass is 32.2. The molecule has 1 heterocycles. The van der Waals surface area contributed by atoms with Crippen molar-refractivity contribution in [1.82, 2.24) is 19.8 Å². The number of aryl methyl sites for hydroxylation is 2. The van der Waals surface area contributed by atoms with Gasteiger partial charge in [0, 0.05) is 37.3 Å². The first-order valence-corrected chi connectivity index (χ1v) is 12.9. The minimum absolute atomic E-state index is 0.0390. The Morgan fingerprint density at radius 3 is 2.62 bits per heavy atom. The Bertz CT molecular complexity index is 1240. The lowest BCUT2D eigenvalue weighted by Crippen LogP contribution is -2.28. The minimum Gasteiger partial charge on any atom is -0.346 e. The largest absolute Gasteiger partial charge is 0.346 e. The van der Waals surface area contributed by atoms with Crippen LogP contribution < -0.4 is 4.72 Å². The maximum atomic E-state index is 13.4. The molecule has 0 radical (unpaired) electrons. The molecule has 34 heavy (non-hydrogen) atoms. The van der Waals surface area contributed by atoms with Crippen LogP contribution in [0.15, 0.2) is 59.5 Å². The Morgan fingerprint density at radius 1 is 1.15 bits per heavy atom. The summed E-state index contributed by atoms with van der Waals surface area (Å²) in [5.74, 6) is -0.258. The van der Waals surface area contributed by atoms with Crippen molar-refractivity contribution in [3.63, 3.8) is 0 Å². The van der Waals surface area contributed by atoms with E-state index in [1.165, 1.54) is 12.1 Å². The van der Waals surface area contributed by atoms with Crippen molar-refractivity contribution < 1.29 is 17.6 Å². The highest BCUT2D eigenvalue weighted by Crippen LogP contribution is 2.22. The third kappa shape index (κ3) is 6.51. The summed E-state index contributed by atoms with van der Waals surface area (Å²) in [6, 6.07) is 15.0. The molecule has 0 atom stereocenters. The van der Waals surface area contributed by atoms with E-state index < -0.39 is 10.0 Å². The second-order valence-electron chi connectivity index (χ2n) is 8.75. The number of amides is 1. The molecule has 1 fully saturated rings. The lowest BCUT2D eigenvalue weighted by atomic mass is 10.1. The number of aromatic nitrogens is 2. The van der Waals surface area contributed by atoms with Gasteiger partial charge in [-0.05, 0) is 68.0 Å². The van der Waals surface area contributed by atoms with Crippen molar-refractivity contribution >= 4 is 15.9 Å². The number of carbonyl (C=O) groups excluding carboxylic acids is 1. The molecule has 7 nitrogen and oxygen atoms in total. The van der Waals surface area contributed by atoms with E-state index in [0.717, 1.165) is 42.5 Å². The van der Waals surface area contributed by atoms with E-state index in [-0.39, 0.29) is 22.7 Å². The molecule has 0 spiro atoms. The van der Waals surface area contributed by atoms with Crippen molar-refractivity contribution in [1.29, 1.82) is 0 Å². The predicted octanol–water partition coefficient (Wildman–Crippen LogP) is 3.68. The first-order valence-electron chi connectivity index (χ1n) is 11.5. The van der Waals surface area contributed by atoms with Crippen LogP contribution in [-0.2, 0) is 27.7 Å². The highest BCUT2D eigenvalue weighted by Gasteiger charge is 2.27. The Balaban J connectivity index is 1.20. The molecule has 1 amide bonds. The fourth-order valence-corrected chi connectivity index (χ4v) is 4.99. The molecular formula is C25H29FN4O3S. The summed E-state index contributed by atoms with van der Waals surface area (Å²) in [6.07, 6.45) is 4.20. The van der Waals surface area contributed by atoms with Gasteiger partial charge in [-0.15, -0.1) is 0 Å². The first kappa shape index (κ1) is 24.1. The third-order valence-corrected chi connectivity index (χ3v) is 7.41. The lowest BCUT2D eigenvalue weighted by Gasteiger charge is -2.17. The molecular weight excluding hydrogens is 455 g/mol. The lowest BCUT2D eigenvalue weighted by molar-refractivity contribution is -0.129. The molecule has 1 aliphatic carbocycles. The summed E-state index contributed by atoms with van der Waals surface area (Å²) >= 11 is 0. The number of hydrogen-bond donors (Lipinski definition) is 2. The Labute approximate surface area is 199 Å². The number of H-pyrrole nitrogens is 1. The van der Waals surface area contributed by atoms with Crippen LogP contribution in [-0.4, -0.2) is 49.1 Å². The average molecular weight is 485 g/mol. The quantitative estimate of drug-likeness (QED) is 0.434. The molecule has 4 rings (SSSR count). The SMILES string of the molecule is CN(CCCc1cc(-c2cccc(F)c2)n[nH]1)C(=O)CCc1ccc(S(=O)(=O)NC2CC2)cc1. The number of sulfonamides is 1. The summed E-state index contributed by atoms with van der Waals surface area (Å²) < 4.78 is 40.6. The van der Waals surface area contributed by atoms with Gasteiger partial charge in [0.05, 0.1) is 10.6 Å². The molecule has 9 heteroatoms. The van der Waals surface area contributed by atoms with Gasteiger partial charge in [0.2, 0.25) is 15.9 Å². The van der Waals surface area contributed by atoms with Gasteiger partial charge < -0.3 is 4.90 Å². The number of aromatic amines is 1. The fourth-order valence-electron chi connectivity index (χ4n) is 3.68. The second-order valence-corrected chi connectivity index (χ2v) is 10.5. The molecule has 0 aliphatic heterocycles. The molecule has 3 aromatic rings. The van der Waals surface area contributed by atoms with E-state index in [4.69, 9.17) is 0 Å². The van der Waals surface area contributed by atoms with Gasteiger partial charge in [-0.1, -0.05) is 24.3 Å². The van der Waals surface area contributed by atoms with Gasteiger partial charge in [-0.2, -0.15) is 5.10 Å². The maximum absolute atomic E-state index is 13.4. The van der Waals surface area contributed by atoms with Gasteiger partial charge in [0.25, 0.3) is 0 Å². The summed E-state index contributed by atoms with van der Waals surface area (Å²) in [6.45, 7) is 0.608. The zero-order chi connectivity index (χ0) is 24.1. The summed E-state index contributed by atoms with van der Waals surface area (Å²) in [7, 11) is -1.67. The van der Waals surface area contributed by atoms with Crippen LogP contribution in [0.1, 0.15) is 36.9 Å². The molecule has 1 aliphatic rings. The van der Waals surface area contributed by atoms with Crippen molar-refractivity contribution in [2.24, 2.45) is 0 Å². The van der Waals surface area contributed by atoms with Crippen LogP contribution in [0.4, 0.5) is 4.39 Å². The van der Waals surface area contributed by atoms with Crippen molar-refractivity contribution in [3.05, 3.63) is 71.7 Å². The van der Waals surface area contributed by atoms with Crippen LogP contribution in [0, 0.1) is 5.82 Å². The molecule has 2 aromatic carbocycles. The van der Waals surface area contributed by atoms with E-state index >= 15 is 0 Å². The molecule has 1 aromatic heterocycles. The highest BCUT2D eigenvalue weighted by molar-refractivity contribution is 7.89. The van der Waals surface area contributed by atoms with E-state index in [9.17, 15) is 17.6 Å². The molecule has 0 saturated heterocycles. The zero-order valence-corrected chi connectivity index (χ0v) is 19.9. The number of nitrogens with one attached hydrogen (secondary N) is 2. The van der Waals surface area contributed by atoms with Crippen molar-refractivity contribution in [2.75, 3.05) is 13.6 Å². The van der Waals surface area contributed by atoms with Gasteiger partial charge in [0.15, 0.2) is 0 Å². The normalized spacial score (nSPS) is 13.7. The van der Waals surface area contributed by atoms with E-state index in [2.05, 4.69) is 14.9 Å². The minimum atomic E-state index is -3.46. The van der Waals surface area contributed by atoms with Gasteiger partial charge >= 0.3 is 0 Å². The van der Waals surface area contributed by atoms with Crippen LogP contribution >= 0.6 is 0 Å². The van der Waals surface area contributed by atoms with E-state index in [1.54, 1.807) is 42.3 Å². The van der Waals surface area contributed by atoms with Crippen LogP contribution in [0.5, 0.6) is 0 Å². The van der Waals surface area contributed by atoms with Gasteiger partial charge in [-0.25, -0.2) is 17.5 Å². The number of carbonyl (C=O) groups is 1. The Morgan fingerprint density at radius 2 is 1.91 bits per heavy atom. The number of nitrogens with zero attached hydrogens (tertiary/aromatic N) is 2. The summed E-state index contributed by atoms with van der Waals surface area (Å²) in [5.41, 5.74) is 3.28. The van der Waals surface area contributed by atoms with Crippen LogP contribution in [0.25, 0.3) is 11.3 Å². The Kier molecular flexibility index (Phi) is 7.43.